The van der Waals surface area contributed by atoms with E-state index >= 15 is 0 Å². The van der Waals surface area contributed by atoms with Crippen molar-refractivity contribution in [3.8, 4) is 11.5 Å². The van der Waals surface area contributed by atoms with E-state index in [4.69, 9.17) is 15.2 Å². The number of fused-ring (bicyclic) bond motifs is 1. The summed E-state index contributed by atoms with van der Waals surface area (Å²) < 4.78 is 11.3. The maximum atomic E-state index is 11.5. The number of carbonyl (C=O) groups is 1. The van der Waals surface area contributed by atoms with Gasteiger partial charge in [-0.1, -0.05) is 19.1 Å². The van der Waals surface area contributed by atoms with Gasteiger partial charge in [0, 0.05) is 17.4 Å². The van der Waals surface area contributed by atoms with E-state index in [9.17, 15) is 9.90 Å². The Kier molecular flexibility index (Phi) is 4.59. The molecule has 1 aliphatic rings. The van der Waals surface area contributed by atoms with Crippen molar-refractivity contribution in [2.45, 2.75) is 25.6 Å². The molecule has 2 aromatic carbocycles. The van der Waals surface area contributed by atoms with Gasteiger partial charge in [-0.05, 0) is 29.5 Å². The van der Waals surface area contributed by atoms with E-state index in [2.05, 4.69) is 5.32 Å². The highest BCUT2D eigenvalue weighted by molar-refractivity contribution is 5.90. The average Bonchev–Trinajstić information content (AvgIpc) is 2.88. The van der Waals surface area contributed by atoms with Crippen LogP contribution >= 0.6 is 0 Å². The molecule has 2 aromatic rings. The molecule has 0 radical (unpaired) electrons. The Morgan fingerprint density at radius 2 is 2.17 bits per heavy atom. The second-order valence-electron chi connectivity index (χ2n) is 6.18. The van der Waals surface area contributed by atoms with Crippen LogP contribution in [0.5, 0.6) is 11.5 Å². The fraction of sp³-hybridized carbons (Fsp3) is 0.389. The van der Waals surface area contributed by atoms with Crippen LogP contribution in [0.1, 0.15) is 25.1 Å². The maximum Gasteiger partial charge on any atom is 0.220 e. The molecule has 0 bridgehead atoms. The second kappa shape index (κ2) is 6.67. The Morgan fingerprint density at radius 3 is 2.79 bits per heavy atom. The second-order valence-corrected chi connectivity index (χ2v) is 6.18. The molecule has 1 saturated heterocycles. The Labute approximate surface area is 140 Å². The minimum atomic E-state index is -1.11. The Hall–Kier alpha value is -2.31. The van der Waals surface area contributed by atoms with Crippen LogP contribution in [0.2, 0.25) is 0 Å². The highest BCUT2D eigenvalue weighted by atomic mass is 16.5. The fourth-order valence-corrected chi connectivity index (χ4v) is 3.06. The number of aliphatic hydroxyl groups excluding tert-OH is 1. The lowest BCUT2D eigenvalue weighted by atomic mass is 10.0. The van der Waals surface area contributed by atoms with Crippen LogP contribution in [0.25, 0.3) is 10.8 Å². The lowest BCUT2D eigenvalue weighted by molar-refractivity contribution is -0.119. The molecule has 3 atom stereocenters. The molecular weight excluding hydrogens is 308 g/mol. The van der Waals surface area contributed by atoms with Gasteiger partial charge in [-0.2, -0.15) is 0 Å². The van der Waals surface area contributed by atoms with E-state index in [1.54, 1.807) is 6.07 Å². The molecule has 3 rings (SSSR count). The van der Waals surface area contributed by atoms with Crippen LogP contribution in [0.3, 0.4) is 0 Å². The number of amides is 1. The topological polar surface area (TPSA) is 93.8 Å². The van der Waals surface area contributed by atoms with Gasteiger partial charge < -0.3 is 25.6 Å². The molecule has 0 saturated carbocycles. The van der Waals surface area contributed by atoms with Crippen LogP contribution in [0.4, 0.5) is 0 Å². The first-order valence-electron chi connectivity index (χ1n) is 7.96. The summed E-state index contributed by atoms with van der Waals surface area (Å²) in [6.45, 7) is 2.45. The van der Waals surface area contributed by atoms with Crippen LogP contribution in [0, 0.1) is 5.92 Å². The third-order valence-electron chi connectivity index (χ3n) is 4.47. The van der Waals surface area contributed by atoms with E-state index in [0.717, 1.165) is 10.8 Å². The van der Waals surface area contributed by atoms with Gasteiger partial charge >= 0.3 is 0 Å². The normalized spacial score (nSPS) is 21.6. The summed E-state index contributed by atoms with van der Waals surface area (Å²) in [5.74, 6) is 1.53. The Morgan fingerprint density at radius 1 is 1.38 bits per heavy atom. The van der Waals surface area contributed by atoms with Crippen molar-refractivity contribution >= 4 is 16.7 Å². The molecule has 6 heteroatoms. The average molecular weight is 330 g/mol. The molecule has 0 spiro atoms. The van der Waals surface area contributed by atoms with Crippen molar-refractivity contribution in [1.82, 2.24) is 5.32 Å². The smallest absolute Gasteiger partial charge is 0.220 e. The maximum absolute atomic E-state index is 11.5. The van der Waals surface area contributed by atoms with Crippen molar-refractivity contribution in [1.29, 1.82) is 0 Å². The largest absolute Gasteiger partial charge is 0.496 e. The summed E-state index contributed by atoms with van der Waals surface area (Å²) in [5.41, 5.74) is 6.12. The third kappa shape index (κ3) is 3.16. The molecular formula is C18H22N2O4. The first-order chi connectivity index (χ1) is 11.5. The van der Waals surface area contributed by atoms with E-state index in [0.29, 0.717) is 30.1 Å². The van der Waals surface area contributed by atoms with Crippen LogP contribution in [-0.4, -0.2) is 30.8 Å². The number of benzene rings is 2. The van der Waals surface area contributed by atoms with Crippen LogP contribution in [-0.2, 0) is 4.79 Å². The van der Waals surface area contributed by atoms with Gasteiger partial charge in [0.2, 0.25) is 5.91 Å². The molecule has 1 heterocycles. The quantitative estimate of drug-likeness (QED) is 0.726. The minimum absolute atomic E-state index is 0.0137. The molecule has 1 aliphatic heterocycles. The zero-order valence-corrected chi connectivity index (χ0v) is 13.8. The van der Waals surface area contributed by atoms with Gasteiger partial charge in [-0.3, -0.25) is 4.79 Å². The molecule has 1 unspecified atom stereocenters. The molecule has 0 aromatic heterocycles. The van der Waals surface area contributed by atoms with Gasteiger partial charge in [0.05, 0.1) is 13.2 Å². The molecule has 6 nitrogen and oxygen atoms in total. The summed E-state index contributed by atoms with van der Waals surface area (Å²) in [6, 6.07) is 9.31. The van der Waals surface area contributed by atoms with Gasteiger partial charge in [0.1, 0.15) is 24.3 Å². The number of nitrogens with one attached hydrogen (secondary N) is 1. The number of hydrogen-bond acceptors (Lipinski definition) is 5. The number of carbonyl (C=O) groups excluding carboxylic acids is 1. The summed E-state index contributed by atoms with van der Waals surface area (Å²) in [6.07, 6.45) is -0.571. The Balaban J connectivity index is 1.89. The van der Waals surface area contributed by atoms with Gasteiger partial charge in [-0.15, -0.1) is 0 Å². The SMILES string of the molecule is COc1cc2c(OC[C@H]3NC(=O)C[C@H]3C)cccc2cc1C(N)O. The highest BCUT2D eigenvalue weighted by Gasteiger charge is 2.29. The lowest BCUT2D eigenvalue weighted by Gasteiger charge is -2.18. The first-order valence-corrected chi connectivity index (χ1v) is 7.96. The Bertz CT molecular complexity index is 760. The highest BCUT2D eigenvalue weighted by Crippen LogP contribution is 2.34. The van der Waals surface area contributed by atoms with Crippen molar-refractivity contribution < 1.29 is 19.4 Å². The first kappa shape index (κ1) is 16.5. The van der Waals surface area contributed by atoms with Crippen molar-refractivity contribution in [2.75, 3.05) is 13.7 Å². The molecule has 24 heavy (non-hydrogen) atoms. The summed E-state index contributed by atoms with van der Waals surface area (Å²) in [7, 11) is 1.53. The molecule has 1 fully saturated rings. The van der Waals surface area contributed by atoms with E-state index < -0.39 is 6.23 Å². The predicted molar refractivity (Wildman–Crippen MR) is 90.9 cm³/mol. The number of nitrogens with two attached hydrogens (primary N) is 1. The minimum Gasteiger partial charge on any atom is -0.496 e. The summed E-state index contributed by atoms with van der Waals surface area (Å²) in [5, 5.41) is 14.4. The summed E-state index contributed by atoms with van der Waals surface area (Å²) in [4.78, 5) is 11.5. The predicted octanol–water partition coefficient (Wildman–Crippen LogP) is 1.70. The van der Waals surface area contributed by atoms with E-state index in [1.807, 2.05) is 31.2 Å². The third-order valence-corrected chi connectivity index (χ3v) is 4.47. The van der Waals surface area contributed by atoms with Crippen molar-refractivity contribution in [3.63, 3.8) is 0 Å². The van der Waals surface area contributed by atoms with Crippen LogP contribution < -0.4 is 20.5 Å². The monoisotopic (exact) mass is 330 g/mol. The van der Waals surface area contributed by atoms with Crippen molar-refractivity contribution in [3.05, 3.63) is 35.9 Å². The van der Waals surface area contributed by atoms with E-state index in [1.165, 1.54) is 7.11 Å². The van der Waals surface area contributed by atoms with Gasteiger partial charge in [0.15, 0.2) is 0 Å². The number of ether oxygens (including phenoxy) is 2. The van der Waals surface area contributed by atoms with Gasteiger partial charge in [-0.25, -0.2) is 0 Å². The molecule has 1 amide bonds. The molecule has 128 valence electrons. The van der Waals surface area contributed by atoms with Crippen LogP contribution in [0.15, 0.2) is 30.3 Å². The standard InChI is InChI=1S/C18H22N2O4/c1-10-6-17(21)20-14(10)9-24-15-5-3-4-11-7-13(18(19)22)16(23-2)8-12(11)15/h3-5,7-8,10,14,18,22H,6,9,19H2,1-2H3,(H,20,21)/t10-,14-,18?/m1/s1. The van der Waals surface area contributed by atoms with E-state index in [-0.39, 0.29) is 17.9 Å². The molecule has 4 N–H and O–H groups in total. The zero-order valence-electron chi connectivity index (χ0n) is 13.8. The van der Waals surface area contributed by atoms with Gasteiger partial charge in [0.25, 0.3) is 0 Å². The number of hydrogen-bond donors (Lipinski definition) is 3. The van der Waals surface area contributed by atoms with Crippen molar-refractivity contribution in [2.24, 2.45) is 11.7 Å². The fourth-order valence-electron chi connectivity index (χ4n) is 3.06. The number of rotatable bonds is 5. The summed E-state index contributed by atoms with van der Waals surface area (Å²) >= 11 is 0. The molecule has 0 aliphatic carbocycles. The zero-order chi connectivity index (χ0) is 17.3. The lowest BCUT2D eigenvalue weighted by Crippen LogP contribution is -2.34. The number of aliphatic hydroxyl groups is 1. The number of methoxy groups -OCH3 is 1.